The molecule has 0 atom stereocenters. The minimum Gasteiger partial charge on any atom is -0.396 e. The Morgan fingerprint density at radius 2 is 1.76 bits per heavy atom. The Hall–Kier alpha value is -0.120. The molecule has 0 radical (unpaired) electrons. The van der Waals surface area contributed by atoms with Gasteiger partial charge in [0.2, 0.25) is 0 Å². The lowest BCUT2D eigenvalue weighted by atomic mass is 10.0. The molecule has 1 aliphatic rings. The van der Waals surface area contributed by atoms with Gasteiger partial charge in [0.1, 0.15) is 0 Å². The van der Waals surface area contributed by atoms with E-state index in [1.807, 2.05) is 0 Å². The molecule has 3 heteroatoms. The van der Waals surface area contributed by atoms with Gasteiger partial charge in [0.15, 0.2) is 0 Å². The summed E-state index contributed by atoms with van der Waals surface area (Å²) in [6.45, 7) is 7.59. The van der Waals surface area contributed by atoms with E-state index >= 15 is 0 Å². The lowest BCUT2D eigenvalue weighted by Crippen LogP contribution is -2.43. The Bertz CT molecular complexity index is 179. The van der Waals surface area contributed by atoms with E-state index in [1.165, 1.54) is 58.3 Å². The monoisotopic (exact) mass is 242 g/mol. The van der Waals surface area contributed by atoms with E-state index in [4.69, 9.17) is 5.11 Å². The molecule has 0 unspecified atom stereocenters. The summed E-state index contributed by atoms with van der Waals surface area (Å²) in [5.41, 5.74) is 0. The maximum absolute atomic E-state index is 8.71. The van der Waals surface area contributed by atoms with Gasteiger partial charge in [-0.05, 0) is 58.9 Å². The SMILES string of the molecule is CCN1CCC(N(C)CCCCCCO)CC1. The fourth-order valence-corrected chi connectivity index (χ4v) is 2.69. The first-order chi connectivity index (χ1) is 8.27. The summed E-state index contributed by atoms with van der Waals surface area (Å²) in [7, 11) is 2.28. The van der Waals surface area contributed by atoms with Crippen LogP contribution in [0.1, 0.15) is 45.4 Å². The molecule has 1 fully saturated rings. The third kappa shape index (κ3) is 5.84. The normalized spacial score (nSPS) is 19.1. The van der Waals surface area contributed by atoms with Crippen LogP contribution < -0.4 is 0 Å². The van der Waals surface area contributed by atoms with E-state index in [2.05, 4.69) is 23.8 Å². The molecular weight excluding hydrogens is 212 g/mol. The minimum absolute atomic E-state index is 0.352. The third-order valence-electron chi connectivity index (χ3n) is 4.05. The van der Waals surface area contributed by atoms with E-state index in [9.17, 15) is 0 Å². The minimum atomic E-state index is 0.352. The lowest BCUT2D eigenvalue weighted by Gasteiger charge is -2.36. The van der Waals surface area contributed by atoms with Crippen molar-refractivity contribution in [1.29, 1.82) is 0 Å². The number of hydrogen-bond donors (Lipinski definition) is 1. The summed E-state index contributed by atoms with van der Waals surface area (Å²) in [4.78, 5) is 5.09. The second kappa shape index (κ2) is 8.90. The Labute approximate surface area is 107 Å². The number of likely N-dealkylation sites (tertiary alicyclic amines) is 1. The summed E-state index contributed by atoms with van der Waals surface area (Å²) < 4.78 is 0. The number of hydrogen-bond acceptors (Lipinski definition) is 3. The molecule has 1 N–H and O–H groups in total. The van der Waals surface area contributed by atoms with Gasteiger partial charge in [-0.25, -0.2) is 0 Å². The first-order valence-corrected chi connectivity index (χ1v) is 7.31. The predicted octanol–water partition coefficient (Wildman–Crippen LogP) is 1.96. The van der Waals surface area contributed by atoms with Crippen LogP contribution in [0.4, 0.5) is 0 Å². The molecule has 0 aromatic carbocycles. The molecule has 3 nitrogen and oxygen atoms in total. The molecule has 0 amide bonds. The maximum atomic E-state index is 8.71. The molecule has 0 saturated carbocycles. The van der Waals surface area contributed by atoms with Crippen molar-refractivity contribution >= 4 is 0 Å². The van der Waals surface area contributed by atoms with Crippen molar-refractivity contribution in [1.82, 2.24) is 9.80 Å². The van der Waals surface area contributed by atoms with Crippen molar-refractivity contribution in [3.05, 3.63) is 0 Å². The van der Waals surface area contributed by atoms with Gasteiger partial charge in [0.05, 0.1) is 0 Å². The third-order valence-corrected chi connectivity index (χ3v) is 4.05. The van der Waals surface area contributed by atoms with Gasteiger partial charge in [-0.2, -0.15) is 0 Å². The Morgan fingerprint density at radius 3 is 2.35 bits per heavy atom. The van der Waals surface area contributed by atoms with Crippen LogP contribution in [0.3, 0.4) is 0 Å². The van der Waals surface area contributed by atoms with E-state index in [-0.39, 0.29) is 0 Å². The number of rotatable bonds is 8. The smallest absolute Gasteiger partial charge is 0.0431 e. The van der Waals surface area contributed by atoms with Crippen LogP contribution in [-0.4, -0.2) is 60.8 Å². The molecule has 17 heavy (non-hydrogen) atoms. The zero-order valence-electron chi connectivity index (χ0n) is 11.7. The van der Waals surface area contributed by atoms with Crippen LogP contribution in [0.15, 0.2) is 0 Å². The average molecular weight is 242 g/mol. The number of nitrogens with zero attached hydrogens (tertiary/aromatic N) is 2. The van der Waals surface area contributed by atoms with Crippen molar-refractivity contribution in [3.63, 3.8) is 0 Å². The zero-order valence-corrected chi connectivity index (χ0v) is 11.7. The topological polar surface area (TPSA) is 26.7 Å². The molecule has 0 aromatic rings. The van der Waals surface area contributed by atoms with E-state index in [0.29, 0.717) is 6.61 Å². The van der Waals surface area contributed by atoms with Crippen molar-refractivity contribution in [2.24, 2.45) is 0 Å². The van der Waals surface area contributed by atoms with Crippen LogP contribution in [-0.2, 0) is 0 Å². The van der Waals surface area contributed by atoms with Crippen LogP contribution in [0.25, 0.3) is 0 Å². The molecule has 0 bridgehead atoms. The molecule has 102 valence electrons. The highest BCUT2D eigenvalue weighted by atomic mass is 16.2. The van der Waals surface area contributed by atoms with Crippen LogP contribution in [0.2, 0.25) is 0 Å². The van der Waals surface area contributed by atoms with E-state index in [0.717, 1.165) is 12.5 Å². The average Bonchev–Trinajstić information content (AvgIpc) is 2.38. The highest BCUT2D eigenvalue weighted by Gasteiger charge is 2.20. The van der Waals surface area contributed by atoms with Crippen molar-refractivity contribution in [2.45, 2.75) is 51.5 Å². The molecule has 0 spiro atoms. The number of unbranched alkanes of at least 4 members (excludes halogenated alkanes) is 3. The zero-order chi connectivity index (χ0) is 12.5. The molecule has 1 saturated heterocycles. The van der Waals surface area contributed by atoms with Gasteiger partial charge in [-0.1, -0.05) is 19.8 Å². The summed E-state index contributed by atoms with van der Waals surface area (Å²) in [6, 6.07) is 0.802. The van der Waals surface area contributed by atoms with Crippen LogP contribution in [0.5, 0.6) is 0 Å². The largest absolute Gasteiger partial charge is 0.396 e. The number of aliphatic hydroxyl groups excluding tert-OH is 1. The second-order valence-electron chi connectivity index (χ2n) is 5.28. The van der Waals surface area contributed by atoms with Gasteiger partial charge in [0, 0.05) is 12.6 Å². The molecule has 1 aliphatic heterocycles. The van der Waals surface area contributed by atoms with Gasteiger partial charge in [-0.3, -0.25) is 0 Å². The van der Waals surface area contributed by atoms with Crippen molar-refractivity contribution in [3.8, 4) is 0 Å². The summed E-state index contributed by atoms with van der Waals surface area (Å²) >= 11 is 0. The van der Waals surface area contributed by atoms with Gasteiger partial charge >= 0.3 is 0 Å². The van der Waals surface area contributed by atoms with Gasteiger partial charge in [-0.15, -0.1) is 0 Å². The maximum Gasteiger partial charge on any atom is 0.0431 e. The summed E-state index contributed by atoms with van der Waals surface area (Å²) in [5.74, 6) is 0. The first-order valence-electron chi connectivity index (χ1n) is 7.31. The Morgan fingerprint density at radius 1 is 1.12 bits per heavy atom. The fraction of sp³-hybridized carbons (Fsp3) is 1.00. The van der Waals surface area contributed by atoms with E-state index < -0.39 is 0 Å². The highest BCUT2D eigenvalue weighted by Crippen LogP contribution is 2.15. The predicted molar refractivity (Wildman–Crippen MR) is 73.3 cm³/mol. The van der Waals surface area contributed by atoms with E-state index in [1.54, 1.807) is 0 Å². The first kappa shape index (κ1) is 14.9. The van der Waals surface area contributed by atoms with Crippen molar-refractivity contribution < 1.29 is 5.11 Å². The summed E-state index contributed by atoms with van der Waals surface area (Å²) in [6.07, 6.45) is 7.36. The summed E-state index contributed by atoms with van der Waals surface area (Å²) in [5, 5.41) is 8.71. The standard InChI is InChI=1S/C14H30N2O/c1-3-16-11-8-14(9-12-16)15(2)10-6-4-5-7-13-17/h14,17H,3-13H2,1-2H3. The van der Waals surface area contributed by atoms with Gasteiger partial charge < -0.3 is 14.9 Å². The Kier molecular flexibility index (Phi) is 7.82. The van der Waals surface area contributed by atoms with Crippen molar-refractivity contribution in [2.75, 3.05) is 39.8 Å². The molecular formula is C14H30N2O. The lowest BCUT2D eigenvalue weighted by molar-refractivity contribution is 0.130. The second-order valence-corrected chi connectivity index (χ2v) is 5.28. The van der Waals surface area contributed by atoms with Gasteiger partial charge in [0.25, 0.3) is 0 Å². The Balaban J connectivity index is 2.05. The highest BCUT2D eigenvalue weighted by molar-refractivity contribution is 4.77. The number of aliphatic hydroxyl groups is 1. The molecule has 1 heterocycles. The fourth-order valence-electron chi connectivity index (χ4n) is 2.69. The molecule has 1 rings (SSSR count). The van der Waals surface area contributed by atoms with Crippen LogP contribution in [0, 0.1) is 0 Å². The quantitative estimate of drug-likeness (QED) is 0.659. The molecule has 0 aliphatic carbocycles. The van der Waals surface area contributed by atoms with Crippen LogP contribution >= 0.6 is 0 Å². The molecule has 0 aromatic heterocycles. The number of piperidine rings is 1.